The second-order valence-corrected chi connectivity index (χ2v) is 8.20. The van der Waals surface area contributed by atoms with Gasteiger partial charge in [-0.15, -0.1) is 0 Å². The van der Waals surface area contributed by atoms with Crippen molar-refractivity contribution in [2.24, 2.45) is 0 Å². The number of fused-ring (bicyclic) bond motifs is 1. The van der Waals surface area contributed by atoms with Gasteiger partial charge in [0.2, 0.25) is 0 Å². The van der Waals surface area contributed by atoms with Gasteiger partial charge in [-0.2, -0.15) is 0 Å². The van der Waals surface area contributed by atoms with Crippen LogP contribution in [-0.2, 0) is 9.31 Å². The summed E-state index contributed by atoms with van der Waals surface area (Å²) in [6.45, 7) is 10.5. The first-order chi connectivity index (χ1) is 12.3. The number of hydrogen-bond donors (Lipinski definition) is 0. The summed E-state index contributed by atoms with van der Waals surface area (Å²) in [7, 11) is -0.350. The van der Waals surface area contributed by atoms with E-state index in [2.05, 4.69) is 95.3 Å². The molecule has 0 atom stereocenters. The van der Waals surface area contributed by atoms with Crippen molar-refractivity contribution in [2.75, 3.05) is 0 Å². The highest BCUT2D eigenvalue weighted by atomic mass is 16.7. The molecule has 2 nitrogen and oxygen atoms in total. The molecule has 3 aromatic carbocycles. The van der Waals surface area contributed by atoms with Crippen LogP contribution in [0.5, 0.6) is 0 Å². The zero-order valence-electron chi connectivity index (χ0n) is 16.2. The fourth-order valence-corrected chi connectivity index (χ4v) is 3.48. The molecule has 1 fully saturated rings. The monoisotopic (exact) mass is 344 g/mol. The van der Waals surface area contributed by atoms with Crippen LogP contribution < -0.4 is 5.46 Å². The molecule has 1 heterocycles. The van der Waals surface area contributed by atoms with Crippen molar-refractivity contribution in [3.8, 4) is 11.1 Å². The zero-order chi connectivity index (χ0) is 18.5. The molecule has 0 unspecified atom stereocenters. The molecule has 4 rings (SSSR count). The van der Waals surface area contributed by atoms with Crippen molar-refractivity contribution >= 4 is 23.4 Å². The van der Waals surface area contributed by atoms with Gasteiger partial charge in [-0.25, -0.2) is 0 Å². The molecule has 0 spiro atoms. The molecule has 3 aromatic rings. The van der Waals surface area contributed by atoms with Crippen LogP contribution in [0.25, 0.3) is 21.9 Å². The molecule has 132 valence electrons. The molecule has 1 aliphatic heterocycles. The second kappa shape index (κ2) is 5.97. The second-order valence-electron chi connectivity index (χ2n) is 8.20. The van der Waals surface area contributed by atoms with Crippen molar-refractivity contribution in [3.63, 3.8) is 0 Å². The number of aryl methyl sites for hydroxylation is 1. The molecule has 0 radical (unpaired) electrons. The highest BCUT2D eigenvalue weighted by Crippen LogP contribution is 2.37. The lowest BCUT2D eigenvalue weighted by Crippen LogP contribution is -2.41. The van der Waals surface area contributed by atoms with Crippen molar-refractivity contribution < 1.29 is 9.31 Å². The molecule has 26 heavy (non-hydrogen) atoms. The first-order valence-electron chi connectivity index (χ1n) is 9.23. The summed E-state index contributed by atoms with van der Waals surface area (Å²) in [6, 6.07) is 21.5. The fraction of sp³-hybridized carbons (Fsp3) is 0.304. The quantitative estimate of drug-likeness (QED) is 0.601. The lowest BCUT2D eigenvalue weighted by Gasteiger charge is -2.32. The third-order valence-electron chi connectivity index (χ3n) is 5.83. The van der Waals surface area contributed by atoms with E-state index < -0.39 is 0 Å². The lowest BCUT2D eigenvalue weighted by atomic mass is 9.75. The van der Waals surface area contributed by atoms with Gasteiger partial charge in [0.25, 0.3) is 0 Å². The number of rotatable bonds is 2. The average molecular weight is 344 g/mol. The molecular formula is C23H25BO2. The van der Waals surface area contributed by atoms with Gasteiger partial charge < -0.3 is 9.31 Å². The first kappa shape index (κ1) is 17.3. The Hall–Kier alpha value is -2.10. The standard InChI is InChI=1S/C23H25BO2/c1-16-10-12-17(13-11-16)18-14-15-21(20-9-7-6-8-19(18)20)24-25-22(2,3)23(4,5)26-24/h6-15H,1-5H3. The largest absolute Gasteiger partial charge is 0.495 e. The van der Waals surface area contributed by atoms with E-state index in [1.54, 1.807) is 0 Å². The minimum absolute atomic E-state index is 0.339. The van der Waals surface area contributed by atoms with Crippen LogP contribution in [-0.4, -0.2) is 18.3 Å². The van der Waals surface area contributed by atoms with Gasteiger partial charge >= 0.3 is 7.12 Å². The van der Waals surface area contributed by atoms with Crippen LogP contribution in [0.2, 0.25) is 0 Å². The third-order valence-corrected chi connectivity index (χ3v) is 5.83. The highest BCUT2D eigenvalue weighted by molar-refractivity contribution is 6.65. The molecule has 1 saturated heterocycles. The molecule has 0 saturated carbocycles. The van der Waals surface area contributed by atoms with Crippen LogP contribution in [0.1, 0.15) is 33.3 Å². The van der Waals surface area contributed by atoms with Crippen molar-refractivity contribution in [3.05, 3.63) is 66.2 Å². The molecule has 1 aliphatic rings. The summed E-state index contributed by atoms with van der Waals surface area (Å²) < 4.78 is 12.6. The van der Waals surface area contributed by atoms with E-state index in [0.717, 1.165) is 5.46 Å². The normalized spacial score (nSPS) is 18.4. The maximum atomic E-state index is 6.30. The minimum atomic E-state index is -0.350. The summed E-state index contributed by atoms with van der Waals surface area (Å²) in [4.78, 5) is 0. The van der Waals surface area contributed by atoms with E-state index in [1.807, 2.05) is 0 Å². The Balaban J connectivity index is 1.84. The van der Waals surface area contributed by atoms with Crippen LogP contribution in [0.15, 0.2) is 60.7 Å². The summed E-state index contributed by atoms with van der Waals surface area (Å²) in [5.74, 6) is 0. The Bertz CT molecular complexity index is 942. The van der Waals surface area contributed by atoms with E-state index in [9.17, 15) is 0 Å². The lowest BCUT2D eigenvalue weighted by molar-refractivity contribution is 0.00578. The topological polar surface area (TPSA) is 18.5 Å². The Morgan fingerprint density at radius 2 is 1.27 bits per heavy atom. The minimum Gasteiger partial charge on any atom is -0.399 e. The zero-order valence-corrected chi connectivity index (χ0v) is 16.2. The van der Waals surface area contributed by atoms with Gasteiger partial charge in [-0.1, -0.05) is 66.2 Å². The Morgan fingerprint density at radius 3 is 1.88 bits per heavy atom. The van der Waals surface area contributed by atoms with E-state index in [1.165, 1.54) is 27.5 Å². The van der Waals surface area contributed by atoms with E-state index in [0.29, 0.717) is 0 Å². The Morgan fingerprint density at radius 1 is 0.692 bits per heavy atom. The van der Waals surface area contributed by atoms with Gasteiger partial charge in [0.05, 0.1) is 11.2 Å². The fourth-order valence-electron chi connectivity index (χ4n) is 3.48. The van der Waals surface area contributed by atoms with Crippen LogP contribution in [0.4, 0.5) is 0 Å². The van der Waals surface area contributed by atoms with E-state index in [-0.39, 0.29) is 18.3 Å². The third kappa shape index (κ3) is 2.76. The van der Waals surface area contributed by atoms with Gasteiger partial charge in [0.15, 0.2) is 0 Å². The maximum absolute atomic E-state index is 6.30. The predicted octanol–water partition coefficient (Wildman–Crippen LogP) is 5.11. The highest BCUT2D eigenvalue weighted by Gasteiger charge is 2.52. The van der Waals surface area contributed by atoms with Crippen LogP contribution >= 0.6 is 0 Å². The average Bonchev–Trinajstić information content (AvgIpc) is 2.82. The van der Waals surface area contributed by atoms with Gasteiger partial charge in [-0.3, -0.25) is 0 Å². The molecule has 0 bridgehead atoms. The van der Waals surface area contributed by atoms with Crippen LogP contribution in [0.3, 0.4) is 0 Å². The number of benzene rings is 3. The van der Waals surface area contributed by atoms with Gasteiger partial charge in [0, 0.05) is 0 Å². The molecule has 0 N–H and O–H groups in total. The SMILES string of the molecule is Cc1ccc(-c2ccc(B3OC(C)(C)C(C)(C)O3)c3ccccc23)cc1. The van der Waals surface area contributed by atoms with E-state index in [4.69, 9.17) is 9.31 Å². The van der Waals surface area contributed by atoms with E-state index >= 15 is 0 Å². The molecule has 0 aliphatic carbocycles. The van der Waals surface area contributed by atoms with Gasteiger partial charge in [0.1, 0.15) is 0 Å². The van der Waals surface area contributed by atoms with Crippen molar-refractivity contribution in [1.82, 2.24) is 0 Å². The maximum Gasteiger partial charge on any atom is 0.495 e. The van der Waals surface area contributed by atoms with Crippen molar-refractivity contribution in [1.29, 1.82) is 0 Å². The molecule has 3 heteroatoms. The number of hydrogen-bond acceptors (Lipinski definition) is 2. The summed E-state index contributed by atoms with van der Waals surface area (Å²) in [6.07, 6.45) is 0. The molecule has 0 aromatic heterocycles. The van der Waals surface area contributed by atoms with Gasteiger partial charge in [-0.05, 0) is 62.0 Å². The Labute approximate surface area is 156 Å². The predicted molar refractivity (Wildman–Crippen MR) is 110 cm³/mol. The Kier molecular flexibility index (Phi) is 3.98. The summed E-state index contributed by atoms with van der Waals surface area (Å²) in [5, 5.41) is 2.41. The van der Waals surface area contributed by atoms with Crippen LogP contribution in [0, 0.1) is 6.92 Å². The smallest absolute Gasteiger partial charge is 0.399 e. The van der Waals surface area contributed by atoms with Crippen molar-refractivity contribution in [2.45, 2.75) is 45.8 Å². The first-order valence-corrected chi connectivity index (χ1v) is 9.23. The molecular weight excluding hydrogens is 319 g/mol. The summed E-state index contributed by atoms with van der Waals surface area (Å²) in [5.41, 5.74) is 4.15. The molecule has 0 amide bonds. The summed E-state index contributed by atoms with van der Waals surface area (Å²) >= 11 is 0.